The monoisotopic (exact) mass is 301 g/mol. The van der Waals surface area contributed by atoms with Crippen molar-refractivity contribution in [3.05, 3.63) is 51.3 Å². The fourth-order valence-corrected chi connectivity index (χ4v) is 2.04. The van der Waals surface area contributed by atoms with Gasteiger partial charge in [-0.25, -0.2) is 13.5 Å². The van der Waals surface area contributed by atoms with Crippen molar-refractivity contribution in [2.24, 2.45) is 0 Å². The van der Waals surface area contributed by atoms with Crippen molar-refractivity contribution in [2.45, 2.75) is 13.0 Å². The van der Waals surface area contributed by atoms with Gasteiger partial charge < -0.3 is 0 Å². The fourth-order valence-electron chi connectivity index (χ4n) is 1.61. The quantitative estimate of drug-likeness (QED) is 0.858. The van der Waals surface area contributed by atoms with Gasteiger partial charge in [-0.05, 0) is 11.6 Å². The van der Waals surface area contributed by atoms with E-state index in [4.69, 9.17) is 28.5 Å². The molecule has 1 aromatic heterocycles. The third-order valence-electron chi connectivity index (χ3n) is 2.51. The zero-order valence-corrected chi connectivity index (χ0v) is 11.0. The molecule has 0 saturated heterocycles. The molecule has 0 unspecified atom stereocenters. The third-order valence-corrected chi connectivity index (χ3v) is 3.27. The number of nitriles is 1. The molecule has 0 aliphatic rings. The molecule has 0 amide bonds. The standard InChI is InChI=1S/C12H7Cl2F2N3/c13-9-4-2-1-3-7(9)6-19-11(14)8(5-17)10(18-19)12(15)16/h1-4,12H,6H2. The summed E-state index contributed by atoms with van der Waals surface area (Å²) in [6.45, 7) is 0.125. The van der Waals surface area contributed by atoms with E-state index in [1.54, 1.807) is 30.3 Å². The zero-order valence-electron chi connectivity index (χ0n) is 9.45. The van der Waals surface area contributed by atoms with E-state index in [9.17, 15) is 8.78 Å². The molecular weight excluding hydrogens is 295 g/mol. The van der Waals surface area contributed by atoms with Gasteiger partial charge in [0.2, 0.25) is 0 Å². The summed E-state index contributed by atoms with van der Waals surface area (Å²) >= 11 is 11.8. The Kier molecular flexibility index (Phi) is 4.03. The van der Waals surface area contributed by atoms with Crippen molar-refractivity contribution in [3.8, 4) is 6.07 Å². The second-order valence-electron chi connectivity index (χ2n) is 3.71. The second kappa shape index (κ2) is 5.55. The first-order valence-electron chi connectivity index (χ1n) is 5.22. The van der Waals surface area contributed by atoms with Crippen LogP contribution in [0, 0.1) is 11.3 Å². The Morgan fingerprint density at radius 3 is 2.53 bits per heavy atom. The van der Waals surface area contributed by atoms with Gasteiger partial charge in [0.15, 0.2) is 0 Å². The van der Waals surface area contributed by atoms with E-state index in [0.29, 0.717) is 10.6 Å². The summed E-state index contributed by atoms with van der Waals surface area (Å²) in [5, 5.41) is 12.9. The molecule has 2 rings (SSSR count). The number of rotatable bonds is 3. The number of benzene rings is 1. The maximum Gasteiger partial charge on any atom is 0.283 e. The normalized spacial score (nSPS) is 10.7. The lowest BCUT2D eigenvalue weighted by Crippen LogP contribution is -2.03. The highest BCUT2D eigenvalue weighted by Gasteiger charge is 2.23. The van der Waals surface area contributed by atoms with Gasteiger partial charge in [0.25, 0.3) is 6.43 Å². The fraction of sp³-hybridized carbons (Fsp3) is 0.167. The summed E-state index contributed by atoms with van der Waals surface area (Å²) in [5.41, 5.74) is -0.234. The van der Waals surface area contributed by atoms with Crippen molar-refractivity contribution in [3.63, 3.8) is 0 Å². The Balaban J connectivity index is 2.42. The maximum absolute atomic E-state index is 12.7. The second-order valence-corrected chi connectivity index (χ2v) is 4.48. The number of aromatic nitrogens is 2. The van der Waals surface area contributed by atoms with E-state index in [-0.39, 0.29) is 17.3 Å². The lowest BCUT2D eigenvalue weighted by molar-refractivity contribution is 0.144. The molecule has 0 bridgehead atoms. The maximum atomic E-state index is 12.7. The van der Waals surface area contributed by atoms with Crippen molar-refractivity contribution in [1.29, 1.82) is 5.26 Å². The molecule has 3 nitrogen and oxygen atoms in total. The largest absolute Gasteiger partial charge is 0.283 e. The van der Waals surface area contributed by atoms with Crippen LogP contribution in [0.5, 0.6) is 0 Å². The van der Waals surface area contributed by atoms with Gasteiger partial charge >= 0.3 is 0 Å². The minimum Gasteiger partial charge on any atom is -0.248 e. The average molecular weight is 302 g/mol. The smallest absolute Gasteiger partial charge is 0.248 e. The van der Waals surface area contributed by atoms with E-state index < -0.39 is 12.1 Å². The van der Waals surface area contributed by atoms with Gasteiger partial charge in [-0.15, -0.1) is 0 Å². The number of alkyl halides is 2. The molecule has 2 aromatic rings. The molecule has 0 fully saturated rings. The van der Waals surface area contributed by atoms with Crippen LogP contribution >= 0.6 is 23.2 Å². The number of halogens is 4. The molecule has 0 radical (unpaired) electrons. The summed E-state index contributed by atoms with van der Waals surface area (Å²) in [6, 6.07) is 8.56. The Morgan fingerprint density at radius 1 is 1.32 bits per heavy atom. The number of nitrogens with zero attached hydrogens (tertiary/aromatic N) is 3. The Bertz CT molecular complexity index is 647. The van der Waals surface area contributed by atoms with Crippen molar-refractivity contribution >= 4 is 23.2 Å². The van der Waals surface area contributed by atoms with Crippen LogP contribution in [0.3, 0.4) is 0 Å². The summed E-state index contributed by atoms with van der Waals surface area (Å²) < 4.78 is 26.6. The van der Waals surface area contributed by atoms with Crippen molar-refractivity contribution in [2.75, 3.05) is 0 Å². The molecule has 0 aliphatic carbocycles. The van der Waals surface area contributed by atoms with Crippen LogP contribution in [0.1, 0.15) is 23.2 Å². The Hall–Kier alpha value is -1.64. The topological polar surface area (TPSA) is 41.6 Å². The van der Waals surface area contributed by atoms with E-state index in [0.717, 1.165) is 4.68 Å². The molecule has 98 valence electrons. The van der Waals surface area contributed by atoms with E-state index >= 15 is 0 Å². The Morgan fingerprint density at radius 2 is 2.00 bits per heavy atom. The Labute approximate surface area is 118 Å². The molecule has 1 aromatic carbocycles. The highest BCUT2D eigenvalue weighted by Crippen LogP contribution is 2.28. The van der Waals surface area contributed by atoms with Crippen LogP contribution in [0.25, 0.3) is 0 Å². The molecule has 0 saturated carbocycles. The summed E-state index contributed by atoms with van der Waals surface area (Å²) in [7, 11) is 0. The third kappa shape index (κ3) is 2.70. The molecule has 0 N–H and O–H groups in total. The molecule has 7 heteroatoms. The first-order valence-corrected chi connectivity index (χ1v) is 5.98. The van der Waals surface area contributed by atoms with Crippen molar-refractivity contribution < 1.29 is 8.78 Å². The predicted octanol–water partition coefficient (Wildman–Crippen LogP) is 4.05. The van der Waals surface area contributed by atoms with Crippen LogP contribution in [0.15, 0.2) is 24.3 Å². The lowest BCUT2D eigenvalue weighted by atomic mass is 10.2. The van der Waals surface area contributed by atoms with Gasteiger partial charge in [-0.2, -0.15) is 10.4 Å². The van der Waals surface area contributed by atoms with Gasteiger partial charge in [-0.1, -0.05) is 41.4 Å². The lowest BCUT2D eigenvalue weighted by Gasteiger charge is -2.05. The average Bonchev–Trinajstić information content (AvgIpc) is 2.69. The van der Waals surface area contributed by atoms with Crippen LogP contribution < -0.4 is 0 Å². The molecule has 1 heterocycles. The van der Waals surface area contributed by atoms with E-state index in [1.807, 2.05) is 0 Å². The molecule has 19 heavy (non-hydrogen) atoms. The van der Waals surface area contributed by atoms with Gasteiger partial charge in [-0.3, -0.25) is 0 Å². The van der Waals surface area contributed by atoms with Crippen LogP contribution in [-0.2, 0) is 6.54 Å². The van der Waals surface area contributed by atoms with Crippen LogP contribution in [-0.4, -0.2) is 9.78 Å². The van der Waals surface area contributed by atoms with Crippen LogP contribution in [0.4, 0.5) is 8.78 Å². The first kappa shape index (κ1) is 13.8. The summed E-state index contributed by atoms with van der Waals surface area (Å²) in [4.78, 5) is 0. The highest BCUT2D eigenvalue weighted by atomic mass is 35.5. The van der Waals surface area contributed by atoms with E-state index in [2.05, 4.69) is 5.10 Å². The highest BCUT2D eigenvalue weighted by molar-refractivity contribution is 6.31. The minimum absolute atomic E-state index is 0.113. The summed E-state index contributed by atoms with van der Waals surface area (Å²) in [5.74, 6) is 0. The number of hydrogen-bond acceptors (Lipinski definition) is 2. The minimum atomic E-state index is -2.85. The van der Waals surface area contributed by atoms with Crippen LogP contribution in [0.2, 0.25) is 10.2 Å². The molecule has 0 aliphatic heterocycles. The molecular formula is C12H7Cl2F2N3. The first-order chi connectivity index (χ1) is 9.04. The predicted molar refractivity (Wildman–Crippen MR) is 67.5 cm³/mol. The number of hydrogen-bond donors (Lipinski definition) is 0. The molecule has 0 atom stereocenters. The van der Waals surface area contributed by atoms with Gasteiger partial charge in [0.1, 0.15) is 22.5 Å². The summed E-state index contributed by atoms with van der Waals surface area (Å²) in [6.07, 6.45) is -2.85. The van der Waals surface area contributed by atoms with E-state index in [1.165, 1.54) is 0 Å². The SMILES string of the molecule is N#Cc1c(C(F)F)nn(Cc2ccccc2Cl)c1Cl. The van der Waals surface area contributed by atoms with Gasteiger partial charge in [0, 0.05) is 5.02 Å². The van der Waals surface area contributed by atoms with Crippen molar-refractivity contribution in [1.82, 2.24) is 9.78 Å². The molecule has 0 spiro atoms. The van der Waals surface area contributed by atoms with Gasteiger partial charge in [0.05, 0.1) is 6.54 Å². The zero-order chi connectivity index (χ0) is 14.0.